The van der Waals surface area contributed by atoms with E-state index in [-0.39, 0.29) is 12.8 Å². The lowest BCUT2D eigenvalue weighted by atomic mass is 9.97. The zero-order valence-corrected chi connectivity index (χ0v) is 34.6. The van der Waals surface area contributed by atoms with E-state index < -0.39 is 91.5 Å². The van der Waals surface area contributed by atoms with Gasteiger partial charge in [-0.2, -0.15) is 0 Å². The Bertz CT molecular complexity index is 1120. The minimum Gasteiger partial charge on any atom is -0.481 e. The largest absolute Gasteiger partial charge is 0.481 e. The van der Waals surface area contributed by atoms with Crippen molar-refractivity contribution >= 4 is 17.9 Å². The number of aliphatic carboxylic acids is 1. The SMILES string of the molecule is CCCCCCC/C=C\C(=O)O[C@@H]1[C@H](O[C@@H]2[C@H](O[C@H](CCCCCCC)CC(=O)O[C@H](CCCCCCC)CC(=O)O)O[C@H](C)[C@H](O)[C@@H]2O)O[C@H](C)[C@H](O)[C@@H]1O. The van der Waals surface area contributed by atoms with Gasteiger partial charge in [0, 0.05) is 6.08 Å². The van der Waals surface area contributed by atoms with Crippen LogP contribution in [-0.2, 0) is 42.8 Å². The van der Waals surface area contributed by atoms with Crippen molar-refractivity contribution in [2.45, 2.75) is 237 Å². The molecule has 56 heavy (non-hydrogen) atoms. The van der Waals surface area contributed by atoms with Crippen LogP contribution < -0.4 is 0 Å². The van der Waals surface area contributed by atoms with Crippen molar-refractivity contribution in [3.63, 3.8) is 0 Å². The first-order valence-electron chi connectivity index (χ1n) is 21.4. The molecule has 0 aromatic heterocycles. The van der Waals surface area contributed by atoms with E-state index in [9.17, 15) is 39.9 Å². The van der Waals surface area contributed by atoms with Crippen molar-refractivity contribution in [1.29, 1.82) is 0 Å². The molecule has 2 aliphatic rings. The summed E-state index contributed by atoms with van der Waals surface area (Å²) in [7, 11) is 0. The number of rotatable bonds is 29. The maximum absolute atomic E-state index is 13.4. The van der Waals surface area contributed by atoms with Gasteiger partial charge in [0.25, 0.3) is 0 Å². The second-order valence-electron chi connectivity index (χ2n) is 15.6. The number of esters is 2. The molecular weight excluding hydrogens is 728 g/mol. The molecule has 14 nitrogen and oxygen atoms in total. The first-order chi connectivity index (χ1) is 26.8. The summed E-state index contributed by atoms with van der Waals surface area (Å²) in [5, 5.41) is 53.3. The Morgan fingerprint density at radius 1 is 0.625 bits per heavy atom. The number of aliphatic hydroxyl groups excluding tert-OH is 4. The van der Waals surface area contributed by atoms with Gasteiger partial charge in [-0.15, -0.1) is 0 Å². The van der Waals surface area contributed by atoms with Gasteiger partial charge < -0.3 is 54.0 Å². The number of allylic oxidation sites excluding steroid dienone is 1. The molecule has 5 N–H and O–H groups in total. The van der Waals surface area contributed by atoms with Crippen LogP contribution in [0.15, 0.2) is 12.2 Å². The molecule has 2 heterocycles. The highest BCUT2D eigenvalue weighted by Crippen LogP contribution is 2.32. The third kappa shape index (κ3) is 18.6. The predicted octanol–water partition coefficient (Wildman–Crippen LogP) is 6.02. The Morgan fingerprint density at radius 2 is 1.12 bits per heavy atom. The van der Waals surface area contributed by atoms with E-state index in [1.54, 1.807) is 13.0 Å². The average Bonchev–Trinajstić information content (AvgIpc) is 3.15. The van der Waals surface area contributed by atoms with Crippen LogP contribution in [0.25, 0.3) is 0 Å². The molecule has 0 unspecified atom stereocenters. The molecule has 0 radical (unpaired) electrons. The number of carbonyl (C=O) groups excluding carboxylic acids is 2. The van der Waals surface area contributed by atoms with Gasteiger partial charge >= 0.3 is 17.9 Å². The van der Waals surface area contributed by atoms with E-state index >= 15 is 0 Å². The van der Waals surface area contributed by atoms with Crippen molar-refractivity contribution in [1.82, 2.24) is 0 Å². The molecule has 0 spiro atoms. The topological polar surface area (TPSA) is 208 Å². The summed E-state index contributed by atoms with van der Waals surface area (Å²) in [6.07, 6.45) is 3.27. The van der Waals surface area contributed by atoms with E-state index in [0.717, 1.165) is 89.9 Å². The summed E-state index contributed by atoms with van der Waals surface area (Å²) in [4.78, 5) is 37.8. The maximum atomic E-state index is 13.4. The van der Waals surface area contributed by atoms with Crippen LogP contribution >= 0.6 is 0 Å². The van der Waals surface area contributed by atoms with Crippen LogP contribution in [0.4, 0.5) is 0 Å². The first-order valence-corrected chi connectivity index (χ1v) is 21.4. The van der Waals surface area contributed by atoms with Gasteiger partial charge in [0.05, 0.1) is 31.2 Å². The van der Waals surface area contributed by atoms with Gasteiger partial charge in [0.2, 0.25) is 0 Å². The minimum atomic E-state index is -1.61. The number of aliphatic hydroxyl groups is 4. The molecule has 326 valence electrons. The Labute approximate surface area is 334 Å². The van der Waals surface area contributed by atoms with E-state index in [1.165, 1.54) is 13.0 Å². The number of unbranched alkanes of at least 4 members (excludes halogenated alkanes) is 13. The third-order valence-corrected chi connectivity index (χ3v) is 10.5. The zero-order valence-electron chi connectivity index (χ0n) is 34.6. The van der Waals surface area contributed by atoms with Crippen molar-refractivity contribution in [3.8, 4) is 0 Å². The van der Waals surface area contributed by atoms with Crippen molar-refractivity contribution < 1.29 is 68.3 Å². The Morgan fingerprint density at radius 3 is 1.68 bits per heavy atom. The number of ether oxygens (including phenoxy) is 6. The molecule has 12 atom stereocenters. The van der Waals surface area contributed by atoms with Gasteiger partial charge in [0.1, 0.15) is 36.6 Å². The minimum absolute atomic E-state index is 0.230. The summed E-state index contributed by atoms with van der Waals surface area (Å²) in [5.41, 5.74) is 0. The third-order valence-electron chi connectivity index (χ3n) is 10.5. The molecule has 0 aromatic rings. The Kier molecular flexibility index (Phi) is 25.2. The molecular formula is C42H74O14. The number of carbonyl (C=O) groups is 3. The van der Waals surface area contributed by atoms with Gasteiger partial charge in [-0.25, -0.2) is 4.79 Å². The second kappa shape index (κ2) is 28.3. The summed E-state index contributed by atoms with van der Waals surface area (Å²) in [6.45, 7) is 9.40. The fraction of sp³-hybridized carbons (Fsp3) is 0.881. The molecule has 14 heteroatoms. The normalized spacial score (nSPS) is 29.2. The second-order valence-corrected chi connectivity index (χ2v) is 15.6. The lowest BCUT2D eigenvalue weighted by Gasteiger charge is -2.46. The molecule has 2 aliphatic heterocycles. The number of hydrogen-bond acceptors (Lipinski definition) is 13. The van der Waals surface area contributed by atoms with Crippen LogP contribution in [0.5, 0.6) is 0 Å². The molecule has 0 aliphatic carbocycles. The monoisotopic (exact) mass is 803 g/mol. The first kappa shape index (κ1) is 50.0. The fourth-order valence-corrected chi connectivity index (χ4v) is 7.04. The van der Waals surface area contributed by atoms with Gasteiger partial charge in [-0.3, -0.25) is 9.59 Å². The van der Waals surface area contributed by atoms with E-state index in [0.29, 0.717) is 25.7 Å². The Hall–Kier alpha value is -2.17. The van der Waals surface area contributed by atoms with E-state index in [1.807, 2.05) is 0 Å². The molecule has 0 aromatic carbocycles. The summed E-state index contributed by atoms with van der Waals surface area (Å²) >= 11 is 0. The molecule has 2 saturated heterocycles. The average molecular weight is 803 g/mol. The summed E-state index contributed by atoms with van der Waals surface area (Å²) in [6, 6.07) is 0. The van der Waals surface area contributed by atoms with Crippen LogP contribution in [0.2, 0.25) is 0 Å². The molecule has 0 bridgehead atoms. The van der Waals surface area contributed by atoms with Crippen LogP contribution in [0.1, 0.15) is 163 Å². The highest BCUT2D eigenvalue weighted by Gasteiger charge is 2.51. The lowest BCUT2D eigenvalue weighted by molar-refractivity contribution is -0.366. The van der Waals surface area contributed by atoms with Gasteiger partial charge in [-0.05, 0) is 46.0 Å². The summed E-state index contributed by atoms with van der Waals surface area (Å²) in [5.74, 6) is -2.48. The quantitative estimate of drug-likeness (QED) is 0.0333. The number of hydrogen-bond donors (Lipinski definition) is 5. The van der Waals surface area contributed by atoms with Crippen LogP contribution in [0.3, 0.4) is 0 Å². The predicted molar refractivity (Wildman–Crippen MR) is 208 cm³/mol. The molecule has 2 fully saturated rings. The fourth-order valence-electron chi connectivity index (χ4n) is 7.04. The van der Waals surface area contributed by atoms with Crippen molar-refractivity contribution in [3.05, 3.63) is 12.2 Å². The van der Waals surface area contributed by atoms with Crippen LogP contribution in [0, 0.1) is 0 Å². The summed E-state index contributed by atoms with van der Waals surface area (Å²) < 4.78 is 35.7. The molecule has 0 saturated carbocycles. The Balaban J connectivity index is 2.25. The van der Waals surface area contributed by atoms with E-state index in [2.05, 4.69) is 20.8 Å². The van der Waals surface area contributed by atoms with Crippen molar-refractivity contribution in [2.75, 3.05) is 0 Å². The highest BCUT2D eigenvalue weighted by atomic mass is 16.8. The number of carboxylic acid groups (broad SMARTS) is 1. The number of carboxylic acids is 1. The molecule has 0 amide bonds. The molecule has 2 rings (SSSR count). The highest BCUT2D eigenvalue weighted by molar-refractivity contribution is 5.82. The standard InChI is InChI=1S/C42H74O14/c1-6-9-12-15-16-19-22-25-33(45)55-39-37(49)35(47)29(5)52-42(39)56-40-38(50)36(48)28(4)51-41(40)54-31(24-21-18-14-11-8-3)27-34(46)53-30(26-32(43)44)23-20-17-13-10-7-2/h22,25,28-31,35-42,47-50H,6-21,23-24,26-27H2,1-5H3,(H,43,44)/b25-22-/t28-,29-,30-,31-,35+,36+,37+,38+,39+,40+,41+,42+/m1/s1. The van der Waals surface area contributed by atoms with Gasteiger partial charge in [-0.1, -0.05) is 110 Å². The lowest BCUT2D eigenvalue weighted by Crippen LogP contribution is -2.64. The van der Waals surface area contributed by atoms with Gasteiger partial charge in [0.15, 0.2) is 18.7 Å². The zero-order chi connectivity index (χ0) is 41.5. The maximum Gasteiger partial charge on any atom is 0.330 e. The van der Waals surface area contributed by atoms with E-state index in [4.69, 9.17) is 28.4 Å². The smallest absolute Gasteiger partial charge is 0.330 e. The van der Waals surface area contributed by atoms with Crippen LogP contribution in [-0.4, -0.2) is 117 Å². The van der Waals surface area contributed by atoms with Crippen molar-refractivity contribution in [2.24, 2.45) is 0 Å².